The van der Waals surface area contributed by atoms with Gasteiger partial charge in [0, 0.05) is 24.9 Å². The Labute approximate surface area is 109 Å². The fraction of sp³-hybridized carbons (Fsp3) is 0.562. The molecule has 1 saturated carbocycles. The van der Waals surface area contributed by atoms with Gasteiger partial charge in [-0.3, -0.25) is 4.79 Å². The molecule has 0 unspecified atom stereocenters. The molecular formula is C16H21NO. The first-order chi connectivity index (χ1) is 8.73. The molecule has 2 heteroatoms. The molecule has 0 spiro atoms. The molecule has 18 heavy (non-hydrogen) atoms. The highest BCUT2D eigenvalue weighted by molar-refractivity contribution is 5.78. The van der Waals surface area contributed by atoms with E-state index in [1.54, 1.807) is 0 Å². The van der Waals surface area contributed by atoms with Gasteiger partial charge >= 0.3 is 0 Å². The number of amides is 1. The van der Waals surface area contributed by atoms with Crippen molar-refractivity contribution < 1.29 is 4.79 Å². The molecule has 2 nitrogen and oxygen atoms in total. The number of aryl methyl sites for hydroxylation is 1. The fourth-order valence-corrected chi connectivity index (χ4v) is 3.02. The third-order valence-corrected chi connectivity index (χ3v) is 4.49. The van der Waals surface area contributed by atoms with E-state index in [1.807, 2.05) is 0 Å². The van der Waals surface area contributed by atoms with Crippen LogP contribution >= 0.6 is 0 Å². The second-order valence-electron chi connectivity index (χ2n) is 5.75. The van der Waals surface area contributed by atoms with Gasteiger partial charge in [0.2, 0.25) is 5.91 Å². The minimum Gasteiger partial charge on any atom is -0.342 e. The summed E-state index contributed by atoms with van der Waals surface area (Å²) in [6.07, 6.45) is 5.37. The molecule has 0 atom stereocenters. The van der Waals surface area contributed by atoms with Crippen LogP contribution in [0.25, 0.3) is 0 Å². The van der Waals surface area contributed by atoms with Crippen molar-refractivity contribution in [1.82, 2.24) is 4.90 Å². The molecule has 0 radical (unpaired) electrons. The highest BCUT2D eigenvalue weighted by atomic mass is 16.2. The largest absolute Gasteiger partial charge is 0.342 e. The summed E-state index contributed by atoms with van der Waals surface area (Å²) in [6, 6.07) is 9.02. The first-order valence-electron chi connectivity index (χ1n) is 7.11. The van der Waals surface area contributed by atoms with Crippen LogP contribution in [0, 0.1) is 0 Å². The summed E-state index contributed by atoms with van der Waals surface area (Å²) in [7, 11) is 0. The van der Waals surface area contributed by atoms with Gasteiger partial charge in [-0.2, -0.15) is 0 Å². The van der Waals surface area contributed by atoms with Gasteiger partial charge in [-0.05, 0) is 36.8 Å². The van der Waals surface area contributed by atoms with E-state index in [1.165, 1.54) is 24.0 Å². The molecule has 3 rings (SSSR count). The molecule has 2 aliphatic rings. The third-order valence-electron chi connectivity index (χ3n) is 4.49. The predicted octanol–water partition coefficient (Wildman–Crippen LogP) is 2.90. The van der Waals surface area contributed by atoms with E-state index in [9.17, 15) is 4.79 Å². The van der Waals surface area contributed by atoms with E-state index >= 15 is 0 Å². The van der Waals surface area contributed by atoms with Crippen molar-refractivity contribution in [2.45, 2.75) is 44.4 Å². The molecule has 1 amide bonds. The van der Waals surface area contributed by atoms with Crippen LogP contribution in [0.2, 0.25) is 0 Å². The van der Waals surface area contributed by atoms with Crippen LogP contribution < -0.4 is 0 Å². The molecule has 96 valence electrons. The Morgan fingerprint density at radius 3 is 2.44 bits per heavy atom. The Kier molecular flexibility index (Phi) is 2.89. The number of hydrogen-bond acceptors (Lipinski definition) is 1. The molecule has 0 bridgehead atoms. The van der Waals surface area contributed by atoms with Crippen molar-refractivity contribution in [2.75, 3.05) is 13.1 Å². The normalized spacial score (nSPS) is 21.4. The number of carbonyl (C=O) groups excluding carboxylic acids is 1. The molecule has 1 heterocycles. The lowest BCUT2D eigenvalue weighted by atomic mass is 9.94. The fourth-order valence-electron chi connectivity index (χ4n) is 3.02. The number of hydrogen-bond donors (Lipinski definition) is 0. The van der Waals surface area contributed by atoms with Crippen molar-refractivity contribution in [2.24, 2.45) is 0 Å². The summed E-state index contributed by atoms with van der Waals surface area (Å²) in [6.45, 7) is 4.09. The van der Waals surface area contributed by atoms with E-state index in [-0.39, 0.29) is 5.41 Å². The van der Waals surface area contributed by atoms with E-state index in [0.29, 0.717) is 5.91 Å². The van der Waals surface area contributed by atoms with Crippen LogP contribution in [0.4, 0.5) is 0 Å². The topological polar surface area (TPSA) is 20.3 Å². The maximum atomic E-state index is 11.7. The second kappa shape index (κ2) is 4.42. The second-order valence-corrected chi connectivity index (χ2v) is 5.75. The molecule has 1 aromatic carbocycles. The number of rotatable bonds is 4. The maximum absolute atomic E-state index is 11.7. The van der Waals surface area contributed by atoms with E-state index < -0.39 is 0 Å². The van der Waals surface area contributed by atoms with E-state index in [0.717, 1.165) is 32.4 Å². The SMILES string of the molecule is CCc1ccc(C2(CN3CCCC3=O)CC2)cc1. The predicted molar refractivity (Wildman–Crippen MR) is 72.5 cm³/mol. The first kappa shape index (κ1) is 11.8. The standard InChI is InChI=1S/C16H21NO/c1-2-13-5-7-14(8-6-13)16(9-10-16)12-17-11-3-4-15(17)18/h5-8H,2-4,9-12H2,1H3. The molecular weight excluding hydrogens is 222 g/mol. The van der Waals surface area contributed by atoms with Gasteiger partial charge in [-0.25, -0.2) is 0 Å². The van der Waals surface area contributed by atoms with Crippen LogP contribution in [0.1, 0.15) is 43.7 Å². The Bertz CT molecular complexity index is 445. The summed E-state index contributed by atoms with van der Waals surface area (Å²) in [5.74, 6) is 0.353. The monoisotopic (exact) mass is 243 g/mol. The molecule has 1 saturated heterocycles. The molecule has 0 aromatic heterocycles. The third kappa shape index (κ3) is 2.05. The summed E-state index contributed by atoms with van der Waals surface area (Å²) in [5, 5.41) is 0. The average Bonchev–Trinajstić information content (AvgIpc) is 3.08. The Morgan fingerprint density at radius 1 is 1.22 bits per heavy atom. The Balaban J connectivity index is 1.75. The van der Waals surface area contributed by atoms with Gasteiger partial charge in [-0.15, -0.1) is 0 Å². The van der Waals surface area contributed by atoms with Crippen LogP contribution in [0.15, 0.2) is 24.3 Å². The lowest BCUT2D eigenvalue weighted by molar-refractivity contribution is -0.128. The van der Waals surface area contributed by atoms with E-state index in [2.05, 4.69) is 36.1 Å². The maximum Gasteiger partial charge on any atom is 0.222 e. The van der Waals surface area contributed by atoms with Crippen LogP contribution in [0.5, 0.6) is 0 Å². The van der Waals surface area contributed by atoms with Crippen molar-refractivity contribution >= 4 is 5.91 Å². The zero-order valence-corrected chi connectivity index (χ0v) is 11.1. The lowest BCUT2D eigenvalue weighted by Gasteiger charge is -2.24. The van der Waals surface area contributed by atoms with Crippen LogP contribution in [-0.4, -0.2) is 23.9 Å². The number of carbonyl (C=O) groups is 1. The summed E-state index contributed by atoms with van der Waals surface area (Å²) in [5.41, 5.74) is 3.11. The zero-order chi connectivity index (χ0) is 12.6. The highest BCUT2D eigenvalue weighted by Crippen LogP contribution is 2.49. The van der Waals surface area contributed by atoms with Gasteiger partial charge in [-0.1, -0.05) is 31.2 Å². The molecule has 1 aromatic rings. The summed E-state index contributed by atoms with van der Waals surface area (Å²) < 4.78 is 0. The van der Waals surface area contributed by atoms with Crippen molar-refractivity contribution in [1.29, 1.82) is 0 Å². The smallest absolute Gasteiger partial charge is 0.222 e. The van der Waals surface area contributed by atoms with E-state index in [4.69, 9.17) is 0 Å². The minimum atomic E-state index is 0.284. The Hall–Kier alpha value is -1.31. The number of benzene rings is 1. The minimum absolute atomic E-state index is 0.284. The molecule has 0 N–H and O–H groups in total. The van der Waals surface area contributed by atoms with Crippen molar-refractivity contribution in [3.63, 3.8) is 0 Å². The molecule has 2 fully saturated rings. The summed E-state index contributed by atoms with van der Waals surface area (Å²) >= 11 is 0. The van der Waals surface area contributed by atoms with Gasteiger partial charge in [0.1, 0.15) is 0 Å². The van der Waals surface area contributed by atoms with Gasteiger partial charge in [0.15, 0.2) is 0 Å². The zero-order valence-electron chi connectivity index (χ0n) is 11.1. The van der Waals surface area contributed by atoms with Gasteiger partial charge in [0.25, 0.3) is 0 Å². The number of nitrogens with zero attached hydrogens (tertiary/aromatic N) is 1. The highest BCUT2D eigenvalue weighted by Gasteiger charge is 2.46. The van der Waals surface area contributed by atoms with Crippen LogP contribution in [-0.2, 0) is 16.6 Å². The lowest BCUT2D eigenvalue weighted by Crippen LogP contribution is -2.33. The van der Waals surface area contributed by atoms with Gasteiger partial charge in [0.05, 0.1) is 0 Å². The molecule has 1 aliphatic carbocycles. The molecule has 1 aliphatic heterocycles. The average molecular weight is 243 g/mol. The van der Waals surface area contributed by atoms with Crippen molar-refractivity contribution in [3.05, 3.63) is 35.4 Å². The quantitative estimate of drug-likeness (QED) is 0.796. The Morgan fingerprint density at radius 2 is 1.94 bits per heavy atom. The summed E-state index contributed by atoms with van der Waals surface area (Å²) in [4.78, 5) is 13.8. The van der Waals surface area contributed by atoms with Crippen molar-refractivity contribution in [3.8, 4) is 0 Å². The number of likely N-dealkylation sites (tertiary alicyclic amines) is 1. The van der Waals surface area contributed by atoms with Crippen LogP contribution in [0.3, 0.4) is 0 Å². The first-order valence-corrected chi connectivity index (χ1v) is 7.11. The van der Waals surface area contributed by atoms with Gasteiger partial charge < -0.3 is 4.90 Å².